The van der Waals surface area contributed by atoms with Crippen molar-refractivity contribution >= 4 is 17.3 Å². The van der Waals surface area contributed by atoms with Gasteiger partial charge in [-0.25, -0.2) is 4.39 Å². The van der Waals surface area contributed by atoms with Crippen LogP contribution in [0.4, 0.5) is 10.1 Å². The van der Waals surface area contributed by atoms with E-state index in [1.165, 1.54) is 17.7 Å². The van der Waals surface area contributed by atoms with Gasteiger partial charge in [0.2, 0.25) is 0 Å². The van der Waals surface area contributed by atoms with Crippen LogP contribution in [-0.4, -0.2) is 6.54 Å². The van der Waals surface area contributed by atoms with Crippen LogP contribution in [0.5, 0.6) is 0 Å². The van der Waals surface area contributed by atoms with Gasteiger partial charge in [0.05, 0.1) is 5.69 Å². The van der Waals surface area contributed by atoms with Gasteiger partial charge in [0, 0.05) is 11.6 Å². The number of anilines is 1. The lowest BCUT2D eigenvalue weighted by Gasteiger charge is -2.05. The second-order valence-corrected chi connectivity index (χ2v) is 3.72. The molecule has 0 aliphatic rings. The summed E-state index contributed by atoms with van der Waals surface area (Å²) < 4.78 is 13.2. The molecule has 3 heteroatoms. The number of benzene rings is 1. The van der Waals surface area contributed by atoms with Crippen molar-refractivity contribution in [1.82, 2.24) is 0 Å². The molecule has 0 saturated carbocycles. The second-order valence-electron chi connectivity index (χ2n) is 3.29. The van der Waals surface area contributed by atoms with Crippen molar-refractivity contribution in [3.8, 4) is 0 Å². The Morgan fingerprint density at radius 2 is 2.21 bits per heavy atom. The predicted molar refractivity (Wildman–Crippen MR) is 59.3 cm³/mol. The van der Waals surface area contributed by atoms with Gasteiger partial charge in [-0.2, -0.15) is 0 Å². The first-order chi connectivity index (χ1) is 6.59. The number of halogens is 2. The molecule has 1 aromatic rings. The Hall–Kier alpha value is -1.02. The zero-order valence-electron chi connectivity index (χ0n) is 8.27. The molecule has 0 heterocycles. The van der Waals surface area contributed by atoms with E-state index >= 15 is 0 Å². The molecule has 0 aromatic heterocycles. The molecular formula is C11H13ClFN. The van der Waals surface area contributed by atoms with Gasteiger partial charge >= 0.3 is 0 Å². The average molecular weight is 214 g/mol. The summed E-state index contributed by atoms with van der Waals surface area (Å²) in [6, 6.07) is 4.46. The van der Waals surface area contributed by atoms with E-state index in [1.54, 1.807) is 6.07 Å². The summed E-state index contributed by atoms with van der Waals surface area (Å²) in [7, 11) is 0. The summed E-state index contributed by atoms with van der Waals surface area (Å²) in [4.78, 5) is 0. The highest BCUT2D eigenvalue weighted by Crippen LogP contribution is 2.19. The van der Waals surface area contributed by atoms with Crippen molar-refractivity contribution in [2.45, 2.75) is 13.8 Å². The van der Waals surface area contributed by atoms with E-state index < -0.39 is 0 Å². The van der Waals surface area contributed by atoms with Crippen LogP contribution in [0.1, 0.15) is 13.8 Å². The van der Waals surface area contributed by atoms with Crippen molar-refractivity contribution < 1.29 is 4.39 Å². The Bertz CT molecular complexity index is 343. The second kappa shape index (κ2) is 5.01. The van der Waals surface area contributed by atoms with Crippen molar-refractivity contribution in [1.29, 1.82) is 0 Å². The Morgan fingerprint density at radius 1 is 1.50 bits per heavy atom. The first-order valence-electron chi connectivity index (χ1n) is 4.42. The smallest absolute Gasteiger partial charge is 0.146 e. The molecular weight excluding hydrogens is 201 g/mol. The highest BCUT2D eigenvalue weighted by atomic mass is 35.5. The Labute approximate surface area is 88.6 Å². The van der Waals surface area contributed by atoms with Gasteiger partial charge in [-0.1, -0.05) is 23.3 Å². The van der Waals surface area contributed by atoms with E-state index in [-0.39, 0.29) is 5.82 Å². The fourth-order valence-electron chi connectivity index (χ4n) is 0.998. The largest absolute Gasteiger partial charge is 0.379 e. The third kappa shape index (κ3) is 3.38. The summed E-state index contributed by atoms with van der Waals surface area (Å²) in [6.07, 6.45) is 1.99. The van der Waals surface area contributed by atoms with Crippen LogP contribution in [0, 0.1) is 5.82 Å². The van der Waals surface area contributed by atoms with Gasteiger partial charge in [-0.3, -0.25) is 0 Å². The van der Waals surface area contributed by atoms with Gasteiger partial charge in [0.25, 0.3) is 0 Å². The SMILES string of the molecule is CC(C)=CCNc1cc(Cl)ccc1F. The zero-order chi connectivity index (χ0) is 10.6. The predicted octanol–water partition coefficient (Wildman–Crippen LogP) is 3.86. The van der Waals surface area contributed by atoms with Gasteiger partial charge in [0.15, 0.2) is 0 Å². The maximum Gasteiger partial charge on any atom is 0.146 e. The average Bonchev–Trinajstić information content (AvgIpc) is 2.10. The highest BCUT2D eigenvalue weighted by Gasteiger charge is 2.00. The lowest BCUT2D eigenvalue weighted by molar-refractivity contribution is 0.631. The maximum absolute atomic E-state index is 13.2. The van der Waals surface area contributed by atoms with Crippen molar-refractivity contribution in [2.24, 2.45) is 0 Å². The van der Waals surface area contributed by atoms with E-state index in [9.17, 15) is 4.39 Å². The maximum atomic E-state index is 13.2. The van der Waals surface area contributed by atoms with Crippen LogP contribution < -0.4 is 5.32 Å². The number of hydrogen-bond donors (Lipinski definition) is 1. The number of rotatable bonds is 3. The monoisotopic (exact) mass is 213 g/mol. The normalized spacial score (nSPS) is 9.71. The van der Waals surface area contributed by atoms with Crippen LogP contribution in [0.2, 0.25) is 5.02 Å². The molecule has 0 fully saturated rings. The van der Waals surface area contributed by atoms with Gasteiger partial charge in [-0.15, -0.1) is 0 Å². The van der Waals surface area contributed by atoms with Crippen LogP contribution >= 0.6 is 11.6 Å². The zero-order valence-corrected chi connectivity index (χ0v) is 9.03. The molecule has 0 spiro atoms. The first-order valence-corrected chi connectivity index (χ1v) is 4.79. The van der Waals surface area contributed by atoms with Crippen LogP contribution in [0.3, 0.4) is 0 Å². The Balaban J connectivity index is 2.67. The molecule has 0 saturated heterocycles. The molecule has 76 valence electrons. The third-order valence-corrected chi connectivity index (χ3v) is 1.97. The molecule has 0 aliphatic heterocycles. The highest BCUT2D eigenvalue weighted by molar-refractivity contribution is 6.30. The first kappa shape index (κ1) is 11.1. The van der Waals surface area contributed by atoms with E-state index in [2.05, 4.69) is 5.32 Å². The minimum atomic E-state index is -0.281. The van der Waals surface area contributed by atoms with Crippen molar-refractivity contribution in [2.75, 3.05) is 11.9 Å². The van der Waals surface area contributed by atoms with Gasteiger partial charge in [0.1, 0.15) is 5.82 Å². The quantitative estimate of drug-likeness (QED) is 0.752. The van der Waals surface area contributed by atoms with Crippen LogP contribution in [-0.2, 0) is 0 Å². The molecule has 1 aromatic carbocycles. The van der Waals surface area contributed by atoms with Crippen LogP contribution in [0.15, 0.2) is 29.8 Å². The number of nitrogens with one attached hydrogen (secondary N) is 1. The minimum Gasteiger partial charge on any atom is -0.379 e. The Morgan fingerprint density at radius 3 is 2.86 bits per heavy atom. The summed E-state index contributed by atoms with van der Waals surface area (Å²) >= 11 is 5.74. The lowest BCUT2D eigenvalue weighted by Crippen LogP contribution is -2.00. The summed E-state index contributed by atoms with van der Waals surface area (Å²) in [6.45, 7) is 4.60. The molecule has 1 rings (SSSR count). The molecule has 0 atom stereocenters. The van der Waals surface area contributed by atoms with E-state index in [4.69, 9.17) is 11.6 Å². The fourth-order valence-corrected chi connectivity index (χ4v) is 1.17. The molecule has 1 N–H and O–H groups in total. The van der Waals surface area contributed by atoms with Crippen molar-refractivity contribution in [3.05, 3.63) is 40.7 Å². The molecule has 0 aliphatic carbocycles. The van der Waals surface area contributed by atoms with E-state index in [0.717, 1.165) is 0 Å². The Kier molecular flexibility index (Phi) is 3.96. The molecule has 0 unspecified atom stereocenters. The summed E-state index contributed by atoms with van der Waals surface area (Å²) in [5.74, 6) is -0.281. The van der Waals surface area contributed by atoms with Crippen molar-refractivity contribution in [3.63, 3.8) is 0 Å². The molecule has 0 radical (unpaired) electrons. The number of hydrogen-bond acceptors (Lipinski definition) is 1. The molecule has 1 nitrogen and oxygen atoms in total. The van der Waals surface area contributed by atoms with Gasteiger partial charge < -0.3 is 5.32 Å². The standard InChI is InChI=1S/C11H13ClFN/c1-8(2)5-6-14-11-7-9(12)3-4-10(11)13/h3-5,7,14H,6H2,1-2H3. The van der Waals surface area contributed by atoms with E-state index in [1.807, 2.05) is 19.9 Å². The molecule has 14 heavy (non-hydrogen) atoms. The fraction of sp³-hybridized carbons (Fsp3) is 0.273. The third-order valence-electron chi connectivity index (χ3n) is 1.73. The summed E-state index contributed by atoms with van der Waals surface area (Å²) in [5.41, 5.74) is 1.63. The minimum absolute atomic E-state index is 0.281. The number of allylic oxidation sites excluding steroid dienone is 1. The van der Waals surface area contributed by atoms with E-state index in [0.29, 0.717) is 17.3 Å². The topological polar surface area (TPSA) is 12.0 Å². The van der Waals surface area contributed by atoms with Gasteiger partial charge in [-0.05, 0) is 32.0 Å². The molecule has 0 bridgehead atoms. The molecule has 0 amide bonds. The lowest BCUT2D eigenvalue weighted by atomic mass is 10.3. The summed E-state index contributed by atoms with van der Waals surface area (Å²) in [5, 5.41) is 3.48. The van der Waals surface area contributed by atoms with Crippen LogP contribution in [0.25, 0.3) is 0 Å².